The highest BCUT2D eigenvalue weighted by Crippen LogP contribution is 2.30. The van der Waals surface area contributed by atoms with Crippen LogP contribution < -0.4 is 5.32 Å². The van der Waals surface area contributed by atoms with Gasteiger partial charge in [0.1, 0.15) is 5.60 Å². The van der Waals surface area contributed by atoms with Gasteiger partial charge in [0.15, 0.2) is 0 Å². The number of ether oxygens (including phenoxy) is 1. The first-order valence-electron chi connectivity index (χ1n) is 9.80. The van der Waals surface area contributed by atoms with Gasteiger partial charge in [-0.3, -0.25) is 4.90 Å². The van der Waals surface area contributed by atoms with Crippen molar-refractivity contribution in [3.8, 4) is 0 Å². The number of piperidine rings is 1. The Morgan fingerprint density at radius 3 is 2.24 bits per heavy atom. The van der Waals surface area contributed by atoms with Gasteiger partial charge in [-0.2, -0.15) is 0 Å². The predicted molar refractivity (Wildman–Crippen MR) is 105 cm³/mol. The summed E-state index contributed by atoms with van der Waals surface area (Å²) in [5, 5.41) is 3.74. The quantitative estimate of drug-likeness (QED) is 0.788. The van der Waals surface area contributed by atoms with Crippen molar-refractivity contribution in [1.29, 1.82) is 0 Å². The summed E-state index contributed by atoms with van der Waals surface area (Å²) >= 11 is 0. The zero-order valence-electron chi connectivity index (χ0n) is 18.0. The molecule has 0 aromatic carbocycles. The normalized spacial score (nSPS) is 21.3. The molecule has 0 radical (unpaired) electrons. The molecule has 0 saturated carbocycles. The Balaban J connectivity index is 2.53. The molecule has 1 aliphatic rings. The molecule has 25 heavy (non-hydrogen) atoms. The minimum absolute atomic E-state index is 0.0373. The SMILES string of the molecule is CC(C)N(CCNC1CCN(C(=O)OC(C)(C)C)CC1(C)C)C(C)C. The molecule has 1 N–H and O–H groups in total. The number of hydrogen-bond donors (Lipinski definition) is 1. The fourth-order valence-corrected chi connectivity index (χ4v) is 3.70. The molecule has 0 spiro atoms. The van der Waals surface area contributed by atoms with Crippen LogP contribution in [0.1, 0.15) is 68.7 Å². The van der Waals surface area contributed by atoms with Crippen molar-refractivity contribution in [3.63, 3.8) is 0 Å². The van der Waals surface area contributed by atoms with E-state index in [0.717, 1.165) is 32.6 Å². The number of rotatable bonds is 6. The van der Waals surface area contributed by atoms with Crippen molar-refractivity contribution in [2.45, 2.75) is 92.5 Å². The van der Waals surface area contributed by atoms with E-state index in [1.165, 1.54) is 0 Å². The molecular weight excluding hydrogens is 314 g/mol. The standard InChI is InChI=1S/C20H41N3O2/c1-15(2)23(16(3)4)13-11-21-17-10-12-22(14-20(17,8)9)18(24)25-19(5,6)7/h15-17,21H,10-14H2,1-9H3. The maximum Gasteiger partial charge on any atom is 0.410 e. The molecule has 5 nitrogen and oxygen atoms in total. The van der Waals surface area contributed by atoms with Crippen LogP contribution in [0.2, 0.25) is 0 Å². The summed E-state index contributed by atoms with van der Waals surface area (Å²) in [6.45, 7) is 22.8. The Bertz CT molecular complexity index is 419. The minimum atomic E-state index is -0.437. The highest BCUT2D eigenvalue weighted by Gasteiger charge is 2.38. The van der Waals surface area contributed by atoms with Crippen LogP contribution in [0.25, 0.3) is 0 Å². The third-order valence-corrected chi connectivity index (χ3v) is 4.97. The van der Waals surface area contributed by atoms with Gasteiger partial charge < -0.3 is 15.0 Å². The monoisotopic (exact) mass is 355 g/mol. The van der Waals surface area contributed by atoms with E-state index in [2.05, 4.69) is 51.8 Å². The molecule has 0 aromatic heterocycles. The van der Waals surface area contributed by atoms with Crippen LogP contribution in [0.15, 0.2) is 0 Å². The number of carbonyl (C=O) groups excluding carboxylic acids is 1. The summed E-state index contributed by atoms with van der Waals surface area (Å²) in [6.07, 6.45) is 0.778. The van der Waals surface area contributed by atoms with Crippen LogP contribution in [0, 0.1) is 5.41 Å². The lowest BCUT2D eigenvalue weighted by atomic mass is 9.79. The van der Waals surface area contributed by atoms with Crippen molar-refractivity contribution in [3.05, 3.63) is 0 Å². The van der Waals surface area contributed by atoms with Crippen LogP contribution in [0.5, 0.6) is 0 Å². The Morgan fingerprint density at radius 1 is 1.24 bits per heavy atom. The number of likely N-dealkylation sites (tertiary alicyclic amines) is 1. The van der Waals surface area contributed by atoms with Gasteiger partial charge in [-0.15, -0.1) is 0 Å². The van der Waals surface area contributed by atoms with Crippen molar-refractivity contribution in [2.75, 3.05) is 26.2 Å². The topological polar surface area (TPSA) is 44.8 Å². The van der Waals surface area contributed by atoms with Crippen molar-refractivity contribution in [1.82, 2.24) is 15.1 Å². The maximum atomic E-state index is 12.3. The molecule has 1 fully saturated rings. The first-order chi connectivity index (χ1) is 11.3. The van der Waals surface area contributed by atoms with Gasteiger partial charge in [0.05, 0.1) is 0 Å². The molecule has 1 atom stereocenters. The molecule has 148 valence electrons. The zero-order valence-corrected chi connectivity index (χ0v) is 18.0. The van der Waals surface area contributed by atoms with E-state index in [9.17, 15) is 4.79 Å². The third kappa shape index (κ3) is 7.14. The number of carbonyl (C=O) groups is 1. The van der Waals surface area contributed by atoms with Crippen LogP contribution in [-0.2, 0) is 4.74 Å². The van der Waals surface area contributed by atoms with Gasteiger partial charge in [0.25, 0.3) is 0 Å². The molecule has 1 unspecified atom stereocenters. The van der Waals surface area contributed by atoms with Gasteiger partial charge in [-0.1, -0.05) is 13.8 Å². The van der Waals surface area contributed by atoms with Gasteiger partial charge in [0.2, 0.25) is 0 Å². The summed E-state index contributed by atoms with van der Waals surface area (Å²) in [4.78, 5) is 16.7. The molecular formula is C20H41N3O2. The predicted octanol–water partition coefficient (Wildman–Crippen LogP) is 3.73. The highest BCUT2D eigenvalue weighted by atomic mass is 16.6. The first-order valence-corrected chi connectivity index (χ1v) is 9.80. The molecule has 0 aromatic rings. The Hall–Kier alpha value is -0.810. The van der Waals surface area contributed by atoms with Crippen molar-refractivity contribution >= 4 is 6.09 Å². The van der Waals surface area contributed by atoms with Gasteiger partial charge >= 0.3 is 6.09 Å². The van der Waals surface area contributed by atoms with E-state index >= 15 is 0 Å². The second-order valence-corrected chi connectivity index (χ2v) is 9.61. The van der Waals surface area contributed by atoms with E-state index in [1.54, 1.807) is 0 Å². The average molecular weight is 356 g/mol. The van der Waals surface area contributed by atoms with Crippen LogP contribution in [-0.4, -0.2) is 65.8 Å². The van der Waals surface area contributed by atoms with E-state index in [1.807, 2.05) is 25.7 Å². The molecule has 0 bridgehead atoms. The van der Waals surface area contributed by atoms with Gasteiger partial charge in [-0.25, -0.2) is 4.79 Å². The largest absolute Gasteiger partial charge is 0.444 e. The number of nitrogens with zero attached hydrogens (tertiary/aromatic N) is 2. The minimum Gasteiger partial charge on any atom is -0.444 e. The van der Waals surface area contributed by atoms with Crippen LogP contribution in [0.3, 0.4) is 0 Å². The highest BCUT2D eigenvalue weighted by molar-refractivity contribution is 5.68. The van der Waals surface area contributed by atoms with Gasteiger partial charge in [-0.05, 0) is 60.3 Å². The van der Waals surface area contributed by atoms with Crippen molar-refractivity contribution < 1.29 is 9.53 Å². The lowest BCUT2D eigenvalue weighted by Crippen LogP contribution is -2.57. The maximum absolute atomic E-state index is 12.3. The second kappa shape index (κ2) is 8.72. The Kier molecular flexibility index (Phi) is 7.75. The summed E-state index contributed by atoms with van der Waals surface area (Å²) in [5.74, 6) is 0. The molecule has 1 saturated heterocycles. The Morgan fingerprint density at radius 2 is 1.80 bits per heavy atom. The van der Waals surface area contributed by atoms with E-state index in [4.69, 9.17) is 4.74 Å². The summed E-state index contributed by atoms with van der Waals surface area (Å²) in [7, 11) is 0. The summed E-state index contributed by atoms with van der Waals surface area (Å²) in [6, 6.07) is 1.54. The fourth-order valence-electron chi connectivity index (χ4n) is 3.70. The van der Waals surface area contributed by atoms with Crippen LogP contribution >= 0.6 is 0 Å². The first kappa shape index (κ1) is 22.2. The number of nitrogens with one attached hydrogen (secondary N) is 1. The summed E-state index contributed by atoms with van der Waals surface area (Å²) < 4.78 is 5.53. The Labute approximate surface area is 155 Å². The molecule has 5 heteroatoms. The summed E-state index contributed by atoms with van der Waals surface area (Å²) in [5.41, 5.74) is -0.400. The van der Waals surface area contributed by atoms with Crippen LogP contribution in [0.4, 0.5) is 4.79 Å². The molecule has 1 amide bonds. The molecule has 1 rings (SSSR count). The number of hydrogen-bond acceptors (Lipinski definition) is 4. The molecule has 1 aliphatic heterocycles. The van der Waals surface area contributed by atoms with Gasteiger partial charge in [0, 0.05) is 44.3 Å². The fraction of sp³-hybridized carbons (Fsp3) is 0.950. The average Bonchev–Trinajstić information content (AvgIpc) is 2.41. The third-order valence-electron chi connectivity index (χ3n) is 4.97. The lowest BCUT2D eigenvalue weighted by Gasteiger charge is -2.45. The van der Waals surface area contributed by atoms with Crippen molar-refractivity contribution in [2.24, 2.45) is 5.41 Å². The van der Waals surface area contributed by atoms with E-state index in [-0.39, 0.29) is 11.5 Å². The van der Waals surface area contributed by atoms with E-state index < -0.39 is 5.60 Å². The lowest BCUT2D eigenvalue weighted by molar-refractivity contribution is 0.00190. The molecule has 0 aliphatic carbocycles. The van der Waals surface area contributed by atoms with E-state index in [0.29, 0.717) is 18.1 Å². The number of amides is 1. The smallest absolute Gasteiger partial charge is 0.410 e. The molecule has 1 heterocycles. The second-order valence-electron chi connectivity index (χ2n) is 9.61. The zero-order chi connectivity index (χ0) is 19.4.